The molecule has 0 fully saturated rings. The van der Waals surface area contributed by atoms with E-state index in [2.05, 4.69) is 47.6 Å². The van der Waals surface area contributed by atoms with Gasteiger partial charge in [0.05, 0.1) is 0 Å². The van der Waals surface area contributed by atoms with Crippen LogP contribution in [-0.4, -0.2) is 23.0 Å². The van der Waals surface area contributed by atoms with Crippen LogP contribution in [0.25, 0.3) is 0 Å². The standard InChI is InChI=1S/C13H17N3S3/c1-4-14-8-10-5-6-11(9(2)7-10)18-13-16-15-12(17-3)19-13/h5-7,14H,4,8H2,1-3H3. The van der Waals surface area contributed by atoms with Crippen LogP contribution in [0.1, 0.15) is 18.1 Å². The van der Waals surface area contributed by atoms with E-state index in [1.165, 1.54) is 16.0 Å². The van der Waals surface area contributed by atoms with Crippen LogP contribution in [0.3, 0.4) is 0 Å². The summed E-state index contributed by atoms with van der Waals surface area (Å²) in [6, 6.07) is 6.59. The minimum absolute atomic E-state index is 0.928. The first-order valence-corrected chi connectivity index (χ1v) is 8.94. The molecular weight excluding hydrogens is 294 g/mol. The number of nitrogens with one attached hydrogen (secondary N) is 1. The van der Waals surface area contributed by atoms with Crippen LogP contribution >= 0.6 is 34.9 Å². The van der Waals surface area contributed by atoms with Crippen LogP contribution in [0.2, 0.25) is 0 Å². The molecule has 1 heterocycles. The van der Waals surface area contributed by atoms with E-state index in [4.69, 9.17) is 0 Å². The molecular formula is C13H17N3S3. The molecule has 0 amide bonds. The number of hydrogen-bond acceptors (Lipinski definition) is 6. The molecule has 0 bridgehead atoms. The van der Waals surface area contributed by atoms with Crippen molar-refractivity contribution in [1.29, 1.82) is 0 Å². The summed E-state index contributed by atoms with van der Waals surface area (Å²) in [4.78, 5) is 1.25. The van der Waals surface area contributed by atoms with Crippen molar-refractivity contribution in [3.8, 4) is 0 Å². The van der Waals surface area contributed by atoms with Crippen LogP contribution in [0.4, 0.5) is 0 Å². The van der Waals surface area contributed by atoms with Crippen LogP contribution in [0.5, 0.6) is 0 Å². The normalized spacial score (nSPS) is 10.9. The van der Waals surface area contributed by atoms with Gasteiger partial charge in [0.15, 0.2) is 8.68 Å². The monoisotopic (exact) mass is 311 g/mol. The van der Waals surface area contributed by atoms with E-state index >= 15 is 0 Å². The molecule has 1 aromatic heterocycles. The quantitative estimate of drug-likeness (QED) is 0.821. The van der Waals surface area contributed by atoms with Gasteiger partial charge in [-0.3, -0.25) is 0 Å². The highest BCUT2D eigenvalue weighted by Gasteiger charge is 2.07. The summed E-state index contributed by atoms with van der Waals surface area (Å²) in [5.41, 5.74) is 2.62. The minimum atomic E-state index is 0.928. The lowest BCUT2D eigenvalue weighted by molar-refractivity contribution is 0.726. The molecule has 19 heavy (non-hydrogen) atoms. The van der Waals surface area contributed by atoms with Crippen molar-refractivity contribution in [3.05, 3.63) is 29.3 Å². The zero-order valence-corrected chi connectivity index (χ0v) is 13.7. The van der Waals surface area contributed by atoms with E-state index in [9.17, 15) is 0 Å². The van der Waals surface area contributed by atoms with Gasteiger partial charge in [-0.15, -0.1) is 10.2 Å². The van der Waals surface area contributed by atoms with Crippen molar-refractivity contribution in [2.75, 3.05) is 12.8 Å². The third kappa shape index (κ3) is 4.21. The van der Waals surface area contributed by atoms with Gasteiger partial charge in [0, 0.05) is 11.4 Å². The average molecular weight is 312 g/mol. The van der Waals surface area contributed by atoms with Gasteiger partial charge in [0.2, 0.25) is 0 Å². The molecule has 1 N–H and O–H groups in total. The van der Waals surface area contributed by atoms with Crippen LogP contribution in [0.15, 0.2) is 31.8 Å². The summed E-state index contributed by atoms with van der Waals surface area (Å²) >= 11 is 4.98. The van der Waals surface area contributed by atoms with Gasteiger partial charge in [0.25, 0.3) is 0 Å². The van der Waals surface area contributed by atoms with Gasteiger partial charge in [-0.1, -0.05) is 53.9 Å². The Labute approximate surface area is 126 Å². The third-order valence-corrected chi connectivity index (χ3v) is 5.71. The van der Waals surface area contributed by atoms with Crippen LogP contribution in [0, 0.1) is 6.92 Å². The number of hydrogen-bond donors (Lipinski definition) is 1. The zero-order valence-electron chi connectivity index (χ0n) is 11.3. The van der Waals surface area contributed by atoms with Gasteiger partial charge >= 0.3 is 0 Å². The van der Waals surface area contributed by atoms with Crippen molar-refractivity contribution >= 4 is 34.9 Å². The summed E-state index contributed by atoms with van der Waals surface area (Å²) in [5, 5.41) is 11.7. The molecule has 0 aliphatic carbocycles. The Morgan fingerprint density at radius 1 is 1.26 bits per heavy atom. The van der Waals surface area contributed by atoms with E-state index in [0.717, 1.165) is 21.8 Å². The first-order chi connectivity index (χ1) is 9.22. The highest BCUT2D eigenvalue weighted by Crippen LogP contribution is 2.34. The number of aryl methyl sites for hydroxylation is 1. The van der Waals surface area contributed by atoms with E-state index in [1.807, 2.05) is 6.26 Å². The van der Waals surface area contributed by atoms with E-state index in [1.54, 1.807) is 34.9 Å². The molecule has 0 saturated carbocycles. The Balaban J connectivity index is 2.08. The summed E-state index contributed by atoms with van der Waals surface area (Å²) in [5.74, 6) is 0. The predicted octanol–water partition coefficient (Wildman–Crippen LogP) is 3.83. The molecule has 0 atom stereocenters. The van der Waals surface area contributed by atoms with Crippen molar-refractivity contribution in [2.45, 2.75) is 34.0 Å². The van der Waals surface area contributed by atoms with Crippen LogP contribution in [-0.2, 0) is 6.54 Å². The van der Waals surface area contributed by atoms with Crippen molar-refractivity contribution in [3.63, 3.8) is 0 Å². The average Bonchev–Trinajstić information content (AvgIpc) is 2.87. The third-order valence-electron chi connectivity index (χ3n) is 2.58. The molecule has 0 aliphatic heterocycles. The molecule has 2 rings (SSSR count). The second kappa shape index (κ2) is 7.28. The fraction of sp³-hybridized carbons (Fsp3) is 0.385. The first-order valence-electron chi connectivity index (χ1n) is 6.08. The van der Waals surface area contributed by atoms with Crippen LogP contribution < -0.4 is 5.32 Å². The smallest absolute Gasteiger partial charge is 0.179 e. The number of benzene rings is 1. The molecule has 1 aromatic carbocycles. The van der Waals surface area contributed by atoms with Gasteiger partial charge < -0.3 is 5.32 Å². The highest BCUT2D eigenvalue weighted by atomic mass is 32.2. The predicted molar refractivity (Wildman–Crippen MR) is 84.4 cm³/mol. The lowest BCUT2D eigenvalue weighted by Gasteiger charge is -2.07. The maximum Gasteiger partial charge on any atom is 0.179 e. The van der Waals surface area contributed by atoms with Gasteiger partial charge in [-0.05, 0) is 36.9 Å². The van der Waals surface area contributed by atoms with E-state index < -0.39 is 0 Å². The fourth-order valence-electron chi connectivity index (χ4n) is 1.62. The molecule has 6 heteroatoms. The second-order valence-electron chi connectivity index (χ2n) is 4.02. The molecule has 2 aromatic rings. The van der Waals surface area contributed by atoms with E-state index in [0.29, 0.717) is 0 Å². The Bertz CT molecular complexity index is 540. The van der Waals surface area contributed by atoms with Crippen molar-refractivity contribution in [1.82, 2.24) is 15.5 Å². The molecule has 0 spiro atoms. The minimum Gasteiger partial charge on any atom is -0.313 e. The van der Waals surface area contributed by atoms with Crippen molar-refractivity contribution < 1.29 is 0 Å². The SMILES string of the molecule is CCNCc1ccc(Sc2nnc(SC)s2)c(C)c1. The molecule has 0 saturated heterocycles. The Kier molecular flexibility index (Phi) is 5.69. The molecule has 3 nitrogen and oxygen atoms in total. The molecule has 0 radical (unpaired) electrons. The van der Waals surface area contributed by atoms with Gasteiger partial charge in [-0.25, -0.2) is 0 Å². The topological polar surface area (TPSA) is 37.8 Å². The van der Waals surface area contributed by atoms with E-state index in [-0.39, 0.29) is 0 Å². The molecule has 0 unspecified atom stereocenters. The highest BCUT2D eigenvalue weighted by molar-refractivity contribution is 8.03. The van der Waals surface area contributed by atoms with Crippen molar-refractivity contribution in [2.24, 2.45) is 0 Å². The number of rotatable bonds is 6. The molecule has 0 aliphatic rings. The first kappa shape index (κ1) is 14.8. The Hall–Kier alpha value is -0.560. The number of thioether (sulfide) groups is 1. The summed E-state index contributed by atoms with van der Waals surface area (Å²) < 4.78 is 2.02. The van der Waals surface area contributed by atoms with Gasteiger partial charge in [-0.2, -0.15) is 0 Å². The lowest BCUT2D eigenvalue weighted by atomic mass is 10.1. The zero-order chi connectivity index (χ0) is 13.7. The number of nitrogens with zero attached hydrogens (tertiary/aromatic N) is 2. The maximum atomic E-state index is 4.19. The Morgan fingerprint density at radius 3 is 2.68 bits per heavy atom. The second-order valence-corrected chi connectivity index (χ2v) is 7.34. The maximum absolute atomic E-state index is 4.19. The fourth-order valence-corrected chi connectivity index (χ4v) is 4.08. The molecule has 102 valence electrons. The number of aromatic nitrogens is 2. The summed E-state index contributed by atoms with van der Waals surface area (Å²) in [6.07, 6.45) is 2.02. The van der Waals surface area contributed by atoms with Gasteiger partial charge in [0.1, 0.15) is 0 Å². The Morgan fingerprint density at radius 2 is 2.05 bits per heavy atom. The summed E-state index contributed by atoms with van der Waals surface area (Å²) in [6.45, 7) is 6.19. The summed E-state index contributed by atoms with van der Waals surface area (Å²) in [7, 11) is 0. The lowest BCUT2D eigenvalue weighted by Crippen LogP contribution is -2.11. The largest absolute Gasteiger partial charge is 0.313 e.